The van der Waals surface area contributed by atoms with Gasteiger partial charge in [-0.25, -0.2) is 0 Å². The summed E-state index contributed by atoms with van der Waals surface area (Å²) in [7, 11) is 0. The number of para-hydroxylation sites is 15. The number of fused-ring (bicyclic) bond motifs is 27. The quantitative estimate of drug-likeness (QED) is 0.117. The van der Waals surface area contributed by atoms with Gasteiger partial charge in [0, 0.05) is 131 Å². The fraction of sp³-hybridized carbons (Fsp3) is 0. The summed E-state index contributed by atoms with van der Waals surface area (Å²) in [6.07, 6.45) is 0. The zero-order valence-corrected chi connectivity index (χ0v) is 79.8. The lowest BCUT2D eigenvalue weighted by molar-refractivity contribution is 1.08. The summed E-state index contributed by atoms with van der Waals surface area (Å²) in [5, 5.41) is 22.1. The molecule has 23 aromatic carbocycles. The van der Waals surface area contributed by atoms with Crippen LogP contribution >= 0.6 is 0 Å². The van der Waals surface area contributed by atoms with Gasteiger partial charge in [-0.3, -0.25) is 0 Å². The van der Waals surface area contributed by atoms with E-state index in [0.717, 1.165) is 106 Å². The maximum atomic E-state index is 2.57. The van der Waals surface area contributed by atoms with Crippen LogP contribution in [0, 0.1) is 0 Å². The zero-order valence-electron chi connectivity index (χ0n) is 79.8. The van der Waals surface area contributed by atoms with Crippen molar-refractivity contribution in [3.8, 4) is 84.6 Å². The van der Waals surface area contributed by atoms with Crippen LogP contribution in [0.3, 0.4) is 0 Å². The Kier molecular flexibility index (Phi) is 18.1. The van der Waals surface area contributed by atoms with E-state index in [1.165, 1.54) is 175 Å². The second-order valence-electron chi connectivity index (χ2n) is 39.0. The van der Waals surface area contributed by atoms with Crippen molar-refractivity contribution < 1.29 is 0 Å². The third-order valence-corrected chi connectivity index (χ3v) is 31.2. The van der Waals surface area contributed by atoms with Gasteiger partial charge in [-0.2, -0.15) is 0 Å². The Hall–Kier alpha value is -19.7. The van der Waals surface area contributed by atoms with Crippen LogP contribution in [-0.2, 0) is 0 Å². The van der Waals surface area contributed by atoms with Gasteiger partial charge < -0.3 is 41.1 Å². The van der Waals surface area contributed by atoms with Gasteiger partial charge in [0.15, 0.2) is 0 Å². The number of nitrogens with zero attached hydrogens (tertiary/aromatic N) is 9. The first-order valence-electron chi connectivity index (χ1n) is 50.6. The molecule has 0 bridgehead atoms. The molecule has 9 heteroatoms. The first-order valence-corrected chi connectivity index (χ1v) is 50.6. The molecule has 0 amide bonds. The molecule has 684 valence electrons. The summed E-state index contributed by atoms with van der Waals surface area (Å²) in [5.74, 6) is 0. The number of hydrogen-bond acceptors (Lipinski definition) is 0. The molecule has 147 heavy (non-hydrogen) atoms. The summed E-state index contributed by atoms with van der Waals surface area (Å²) in [6.45, 7) is 0. The van der Waals surface area contributed by atoms with Crippen LogP contribution in [0.15, 0.2) is 528 Å². The van der Waals surface area contributed by atoms with Crippen LogP contribution in [0.2, 0.25) is 0 Å². The van der Waals surface area contributed by atoms with Gasteiger partial charge in [0.2, 0.25) is 0 Å². The van der Waals surface area contributed by atoms with Crippen molar-refractivity contribution in [1.29, 1.82) is 0 Å². The molecule has 0 unspecified atom stereocenters. The molecular formula is C138H87N9. The molecule has 0 N–H and O–H groups in total. The van der Waals surface area contributed by atoms with E-state index in [4.69, 9.17) is 0 Å². The van der Waals surface area contributed by atoms with E-state index in [0.29, 0.717) is 0 Å². The summed E-state index contributed by atoms with van der Waals surface area (Å²) < 4.78 is 22.2. The lowest BCUT2D eigenvalue weighted by Crippen LogP contribution is -2.05. The first-order chi connectivity index (χ1) is 73.0. The molecule has 0 aliphatic carbocycles. The Bertz CT molecular complexity index is 10600. The Morgan fingerprint density at radius 1 is 0.0952 bits per heavy atom. The summed E-state index contributed by atoms with van der Waals surface area (Å²) in [6, 6.07) is 195. The van der Waals surface area contributed by atoms with E-state index in [1.54, 1.807) is 0 Å². The third kappa shape index (κ3) is 12.4. The molecule has 9 aromatic heterocycles. The van der Waals surface area contributed by atoms with Crippen molar-refractivity contribution in [1.82, 2.24) is 41.1 Å². The molecule has 0 radical (unpaired) electrons. The SMILES string of the molecule is c1ccc(-c2ccc3c(c2)c2cc(-n4c5ccccc5c5ccccc54)cc(-n4c5ccccc5c5ccccc54)c2n3-c2cc(-n3c4ccccc4c4ccccc43)cc(-n3c4ccccc4c4ccccc43)c2)cc1.c1ccc2c(c1)c1ccccc1n2-c1ccc(-c2cc(-c3ccc(-n4c5ccccc5c5ccccc54)cc3)c3c(c2)c2ccccc2n3-c2ccc(-n3c4ccccc4c4ccccc43)cc2)cc1. The average Bonchev–Trinajstić information content (AvgIpc) is 1.54. The minimum Gasteiger partial charge on any atom is -0.309 e. The van der Waals surface area contributed by atoms with Crippen molar-refractivity contribution in [2.75, 3.05) is 0 Å². The molecule has 0 aliphatic rings. The van der Waals surface area contributed by atoms with Gasteiger partial charge in [0.1, 0.15) is 0 Å². The van der Waals surface area contributed by atoms with Crippen LogP contribution in [0.25, 0.3) is 281 Å². The summed E-state index contributed by atoms with van der Waals surface area (Å²) in [4.78, 5) is 0. The van der Waals surface area contributed by atoms with Gasteiger partial charge in [0.05, 0.1) is 122 Å². The predicted molar refractivity (Wildman–Crippen MR) is 618 cm³/mol. The molecule has 0 fully saturated rings. The largest absolute Gasteiger partial charge is 0.309 e. The normalized spacial score (nSPS) is 12.1. The van der Waals surface area contributed by atoms with Gasteiger partial charge in [-0.05, 0) is 222 Å². The Balaban J connectivity index is 0.000000134. The highest BCUT2D eigenvalue weighted by Crippen LogP contribution is 2.50. The standard InChI is InChI=1S/C72H45N5.C66H42N4/c1-2-20-46(21-3-1)47-38-39-70-60(40-47)61-44-51(75-66-34-16-8-26-56(66)57-27-9-17-35-67(57)75)45-71(77-68-36-18-10-28-58(68)59-29-11-19-37-69(59)77)72(61)76(70)50-42-48(73-62-30-12-4-22-52(62)53-23-5-13-31-63(53)73)41-49(43-50)74-64-32-14-6-24-54(64)55-25-7-15-33-65(55)74;1-8-22-59-50(15-1)51-16-2-9-23-60(51)67(59)46-33-29-43(30-34-46)45-41-57(44-31-35-47(36-32-44)68-61-24-10-3-17-52(61)53-18-4-11-25-62(53)68)66-58(42-45)56-21-7-14-28-65(56)70(66)49-39-37-48(38-40-49)69-63-26-12-5-19-54(63)55-20-6-13-27-64(55)69/h1-45H;1-42H. The minimum atomic E-state index is 1.06. The number of benzene rings is 23. The Morgan fingerprint density at radius 2 is 0.299 bits per heavy atom. The molecule has 9 nitrogen and oxygen atoms in total. The van der Waals surface area contributed by atoms with Crippen molar-refractivity contribution in [2.45, 2.75) is 0 Å². The maximum Gasteiger partial charge on any atom is 0.0784 e. The van der Waals surface area contributed by atoms with Gasteiger partial charge in [-0.1, -0.05) is 334 Å². The lowest BCUT2D eigenvalue weighted by Gasteiger charge is -2.19. The average molecular weight is 1870 g/mol. The van der Waals surface area contributed by atoms with Crippen LogP contribution in [0.5, 0.6) is 0 Å². The van der Waals surface area contributed by atoms with Crippen molar-refractivity contribution in [3.05, 3.63) is 528 Å². The van der Waals surface area contributed by atoms with E-state index < -0.39 is 0 Å². The van der Waals surface area contributed by atoms with E-state index in [9.17, 15) is 0 Å². The fourth-order valence-corrected chi connectivity index (χ4v) is 24.9. The Labute approximate surface area is 843 Å². The molecule has 0 aliphatic heterocycles. The zero-order chi connectivity index (χ0) is 96.2. The van der Waals surface area contributed by atoms with Crippen molar-refractivity contribution in [2.24, 2.45) is 0 Å². The number of aromatic nitrogens is 9. The second-order valence-corrected chi connectivity index (χ2v) is 39.0. The van der Waals surface area contributed by atoms with Gasteiger partial charge >= 0.3 is 0 Å². The fourth-order valence-electron chi connectivity index (χ4n) is 24.9. The Morgan fingerprint density at radius 3 is 0.619 bits per heavy atom. The summed E-state index contributed by atoms with van der Waals surface area (Å²) in [5.41, 5.74) is 38.1. The predicted octanol–water partition coefficient (Wildman–Crippen LogP) is 36.2. The van der Waals surface area contributed by atoms with Crippen molar-refractivity contribution >= 4 is 196 Å². The molecule has 32 aromatic rings. The summed E-state index contributed by atoms with van der Waals surface area (Å²) >= 11 is 0. The molecule has 9 heterocycles. The number of hydrogen-bond donors (Lipinski definition) is 0. The van der Waals surface area contributed by atoms with E-state index in [2.05, 4.69) is 569 Å². The van der Waals surface area contributed by atoms with Crippen LogP contribution < -0.4 is 0 Å². The topological polar surface area (TPSA) is 44.4 Å². The monoisotopic (exact) mass is 1870 g/mol. The highest BCUT2D eigenvalue weighted by atomic mass is 15.1. The van der Waals surface area contributed by atoms with E-state index >= 15 is 0 Å². The van der Waals surface area contributed by atoms with Gasteiger partial charge in [-0.15, -0.1) is 0 Å². The van der Waals surface area contributed by atoms with Crippen LogP contribution in [-0.4, -0.2) is 41.1 Å². The second kappa shape index (κ2) is 32.4. The van der Waals surface area contributed by atoms with Gasteiger partial charge in [0.25, 0.3) is 0 Å². The van der Waals surface area contributed by atoms with E-state index in [-0.39, 0.29) is 0 Å². The molecule has 0 spiro atoms. The highest BCUT2D eigenvalue weighted by molar-refractivity contribution is 6.21. The maximum absolute atomic E-state index is 2.57. The highest BCUT2D eigenvalue weighted by Gasteiger charge is 2.29. The van der Waals surface area contributed by atoms with Crippen LogP contribution in [0.4, 0.5) is 0 Å². The molecular weight excluding hydrogens is 1780 g/mol. The molecule has 0 saturated carbocycles. The number of rotatable bonds is 12. The van der Waals surface area contributed by atoms with Crippen molar-refractivity contribution in [3.63, 3.8) is 0 Å². The third-order valence-electron chi connectivity index (χ3n) is 31.2. The smallest absolute Gasteiger partial charge is 0.0784 e. The molecule has 32 rings (SSSR count). The lowest BCUT2D eigenvalue weighted by atomic mass is 9.95. The van der Waals surface area contributed by atoms with Crippen LogP contribution in [0.1, 0.15) is 0 Å². The first kappa shape index (κ1) is 82.0. The molecule has 0 saturated heterocycles. The minimum absolute atomic E-state index is 1.06. The van der Waals surface area contributed by atoms with E-state index in [1.807, 2.05) is 0 Å². The molecule has 0 atom stereocenters.